The zero-order valence-electron chi connectivity index (χ0n) is 17.4. The van der Waals surface area contributed by atoms with Crippen LogP contribution in [0.15, 0.2) is 75.1 Å². The van der Waals surface area contributed by atoms with Crippen molar-refractivity contribution in [2.75, 3.05) is 4.72 Å². The molecule has 11 heteroatoms. The second kappa shape index (κ2) is 9.82. The molecule has 0 saturated heterocycles. The van der Waals surface area contributed by atoms with Crippen molar-refractivity contribution in [3.63, 3.8) is 0 Å². The molecule has 0 spiro atoms. The van der Waals surface area contributed by atoms with E-state index in [2.05, 4.69) is 24.0 Å². The molecule has 0 unspecified atom stereocenters. The topological polar surface area (TPSA) is 121 Å². The molecule has 3 rings (SSSR count). The van der Waals surface area contributed by atoms with Crippen LogP contribution in [-0.4, -0.2) is 22.7 Å². The van der Waals surface area contributed by atoms with E-state index >= 15 is 0 Å². The molecule has 0 atom stereocenters. The van der Waals surface area contributed by atoms with E-state index in [4.69, 9.17) is 0 Å². The van der Waals surface area contributed by atoms with E-state index in [9.17, 15) is 21.6 Å². The SMILES string of the molecule is CC(C)Cc1ccc(S(=O)(=O)NNC(=O)c2ccccc2NS(=O)(=O)c2cccs2)cc1. The number of anilines is 1. The Morgan fingerprint density at radius 1 is 0.906 bits per heavy atom. The van der Waals surface area contributed by atoms with Gasteiger partial charge in [0.25, 0.3) is 26.0 Å². The van der Waals surface area contributed by atoms with Gasteiger partial charge in [-0.3, -0.25) is 14.9 Å². The van der Waals surface area contributed by atoms with Gasteiger partial charge in [-0.05, 0) is 53.6 Å². The van der Waals surface area contributed by atoms with Gasteiger partial charge in [0.1, 0.15) is 4.21 Å². The molecule has 0 aliphatic heterocycles. The summed E-state index contributed by atoms with van der Waals surface area (Å²) in [6.45, 7) is 4.14. The maximum absolute atomic E-state index is 12.6. The molecular formula is C21H23N3O5S3. The predicted octanol–water partition coefficient (Wildman–Crippen LogP) is 3.37. The number of benzene rings is 2. The number of nitrogens with one attached hydrogen (secondary N) is 3. The van der Waals surface area contributed by atoms with Gasteiger partial charge in [-0.2, -0.15) is 0 Å². The van der Waals surface area contributed by atoms with Crippen molar-refractivity contribution in [2.24, 2.45) is 5.92 Å². The maximum Gasteiger partial charge on any atom is 0.271 e. The number of carbonyl (C=O) groups is 1. The third kappa shape index (κ3) is 5.94. The Morgan fingerprint density at radius 2 is 1.59 bits per heavy atom. The fourth-order valence-electron chi connectivity index (χ4n) is 2.90. The van der Waals surface area contributed by atoms with Crippen LogP contribution in [0.5, 0.6) is 0 Å². The first-order valence-corrected chi connectivity index (χ1v) is 13.5. The number of hydrogen-bond acceptors (Lipinski definition) is 6. The summed E-state index contributed by atoms with van der Waals surface area (Å²) in [7, 11) is -7.89. The summed E-state index contributed by atoms with van der Waals surface area (Å²) in [6.07, 6.45) is 0.822. The van der Waals surface area contributed by atoms with Gasteiger partial charge in [0, 0.05) is 0 Å². The molecular weight excluding hydrogens is 470 g/mol. The minimum atomic E-state index is -4.01. The van der Waals surface area contributed by atoms with Crippen LogP contribution in [0.2, 0.25) is 0 Å². The molecule has 8 nitrogen and oxygen atoms in total. The maximum atomic E-state index is 12.6. The standard InChI is InChI=1S/C21H23N3O5S3/c1-15(2)14-16-9-11-17(12-10-16)31(26,27)24-22-21(25)18-6-3-4-7-19(18)23-32(28,29)20-8-5-13-30-20/h3-13,15,23-24H,14H2,1-2H3,(H,22,25). The molecule has 0 aliphatic rings. The Hall–Kier alpha value is -2.73. The van der Waals surface area contributed by atoms with Crippen molar-refractivity contribution >= 4 is 43.0 Å². The van der Waals surface area contributed by atoms with Gasteiger partial charge < -0.3 is 0 Å². The molecule has 2 aromatic carbocycles. The summed E-state index contributed by atoms with van der Waals surface area (Å²) >= 11 is 1.04. The van der Waals surface area contributed by atoms with Gasteiger partial charge in [-0.1, -0.05) is 44.2 Å². The Balaban J connectivity index is 1.72. The minimum Gasteiger partial charge on any atom is -0.278 e. The number of hydrogen-bond donors (Lipinski definition) is 3. The highest BCUT2D eigenvalue weighted by Crippen LogP contribution is 2.23. The summed E-state index contributed by atoms with van der Waals surface area (Å²) in [5.41, 5.74) is 3.13. The summed E-state index contributed by atoms with van der Waals surface area (Å²) in [5.74, 6) is -0.373. The van der Waals surface area contributed by atoms with Gasteiger partial charge >= 0.3 is 0 Å². The fourth-order valence-corrected chi connectivity index (χ4v) is 5.81. The van der Waals surface area contributed by atoms with Crippen LogP contribution in [0.25, 0.3) is 0 Å². The number of rotatable bonds is 9. The molecule has 3 N–H and O–H groups in total. The molecule has 0 saturated carbocycles. The van der Waals surface area contributed by atoms with Crippen LogP contribution < -0.4 is 15.0 Å². The molecule has 1 heterocycles. The zero-order valence-corrected chi connectivity index (χ0v) is 19.9. The van der Waals surface area contributed by atoms with Crippen molar-refractivity contribution < 1.29 is 21.6 Å². The summed E-state index contributed by atoms with van der Waals surface area (Å²) in [6, 6.07) is 15.3. The predicted molar refractivity (Wildman–Crippen MR) is 124 cm³/mol. The highest BCUT2D eigenvalue weighted by molar-refractivity contribution is 7.94. The lowest BCUT2D eigenvalue weighted by atomic mass is 10.0. The Bertz CT molecular complexity index is 1280. The lowest BCUT2D eigenvalue weighted by Gasteiger charge is -2.13. The third-order valence-corrected chi connectivity index (χ3v) is 8.38. The average molecular weight is 494 g/mol. The monoisotopic (exact) mass is 493 g/mol. The number of para-hydroxylation sites is 1. The number of hydrazine groups is 1. The van der Waals surface area contributed by atoms with Crippen LogP contribution in [-0.2, 0) is 26.5 Å². The Labute approximate surface area is 191 Å². The number of carbonyl (C=O) groups excluding carboxylic acids is 1. The summed E-state index contributed by atoms with van der Waals surface area (Å²) in [5, 5.41) is 1.62. The first-order valence-electron chi connectivity index (χ1n) is 9.65. The van der Waals surface area contributed by atoms with E-state index in [0.717, 1.165) is 23.3 Å². The van der Waals surface area contributed by atoms with Crippen LogP contribution >= 0.6 is 11.3 Å². The number of amides is 1. The summed E-state index contributed by atoms with van der Waals surface area (Å²) < 4.78 is 52.5. The third-order valence-electron chi connectivity index (χ3n) is 4.35. The fraction of sp³-hybridized carbons (Fsp3) is 0.190. The molecule has 0 radical (unpaired) electrons. The summed E-state index contributed by atoms with van der Waals surface area (Å²) in [4.78, 5) is 14.7. The Morgan fingerprint density at radius 3 is 2.22 bits per heavy atom. The second-order valence-corrected chi connectivity index (χ2v) is 11.9. The van der Waals surface area contributed by atoms with Gasteiger partial charge in [-0.25, -0.2) is 16.8 Å². The first-order chi connectivity index (χ1) is 15.1. The lowest BCUT2D eigenvalue weighted by Crippen LogP contribution is -2.41. The molecule has 1 aromatic heterocycles. The van der Waals surface area contributed by atoms with Gasteiger partial charge in [0.15, 0.2) is 0 Å². The van der Waals surface area contributed by atoms with Gasteiger partial charge in [-0.15, -0.1) is 16.2 Å². The Kier molecular flexibility index (Phi) is 7.34. The van der Waals surface area contributed by atoms with Gasteiger partial charge in [0.2, 0.25) is 0 Å². The normalized spacial score (nSPS) is 12.0. The van der Waals surface area contributed by atoms with Crippen LogP contribution in [0.4, 0.5) is 5.69 Å². The molecule has 1 amide bonds. The van der Waals surface area contributed by atoms with E-state index in [1.807, 2.05) is 4.83 Å². The minimum absolute atomic E-state index is 0.00279. The molecule has 3 aromatic rings. The van der Waals surface area contributed by atoms with Crippen LogP contribution in [0, 0.1) is 5.92 Å². The van der Waals surface area contributed by atoms with Crippen molar-refractivity contribution in [3.8, 4) is 0 Å². The largest absolute Gasteiger partial charge is 0.278 e. The van der Waals surface area contributed by atoms with E-state index in [1.54, 1.807) is 35.7 Å². The molecule has 0 aliphatic carbocycles. The molecule has 0 bridgehead atoms. The quantitative estimate of drug-likeness (QED) is 0.395. The molecule has 170 valence electrons. The highest BCUT2D eigenvalue weighted by Gasteiger charge is 2.21. The van der Waals surface area contributed by atoms with Crippen molar-refractivity contribution in [3.05, 3.63) is 77.2 Å². The van der Waals surface area contributed by atoms with Crippen molar-refractivity contribution in [2.45, 2.75) is 29.4 Å². The van der Waals surface area contributed by atoms with Crippen molar-refractivity contribution in [1.29, 1.82) is 0 Å². The lowest BCUT2D eigenvalue weighted by molar-refractivity contribution is 0.0946. The van der Waals surface area contributed by atoms with Crippen LogP contribution in [0.3, 0.4) is 0 Å². The second-order valence-electron chi connectivity index (χ2n) is 7.38. The van der Waals surface area contributed by atoms with Gasteiger partial charge in [0.05, 0.1) is 16.1 Å². The molecule has 0 fully saturated rings. The zero-order chi connectivity index (χ0) is 23.4. The molecule has 32 heavy (non-hydrogen) atoms. The number of thiophene rings is 1. The average Bonchev–Trinajstić information content (AvgIpc) is 3.28. The van der Waals surface area contributed by atoms with E-state index < -0.39 is 26.0 Å². The van der Waals surface area contributed by atoms with E-state index in [1.165, 1.54) is 30.3 Å². The van der Waals surface area contributed by atoms with E-state index in [0.29, 0.717) is 5.92 Å². The van der Waals surface area contributed by atoms with Crippen molar-refractivity contribution in [1.82, 2.24) is 10.3 Å². The number of sulfonamides is 2. The van der Waals surface area contributed by atoms with Crippen LogP contribution in [0.1, 0.15) is 29.8 Å². The smallest absolute Gasteiger partial charge is 0.271 e. The highest BCUT2D eigenvalue weighted by atomic mass is 32.2. The first kappa shape index (κ1) is 23.9. The van der Waals surface area contributed by atoms with E-state index in [-0.39, 0.29) is 20.4 Å².